The van der Waals surface area contributed by atoms with E-state index >= 15 is 0 Å². The molecule has 2 rings (SSSR count). The molecule has 2 aromatic rings. The molecule has 1 amide bonds. The van der Waals surface area contributed by atoms with Gasteiger partial charge in [-0.25, -0.2) is 0 Å². The Hall–Kier alpha value is -1.98. The van der Waals surface area contributed by atoms with Crippen molar-refractivity contribution in [3.8, 4) is 5.75 Å². The highest BCUT2D eigenvalue weighted by Gasteiger charge is 2.07. The average molecular weight is 330 g/mol. The Bertz CT molecular complexity index is 624. The maximum absolute atomic E-state index is 12.2. The predicted molar refractivity (Wildman–Crippen MR) is 96.4 cm³/mol. The summed E-state index contributed by atoms with van der Waals surface area (Å²) in [6.45, 7) is 5.24. The number of rotatable bonds is 7. The summed E-state index contributed by atoms with van der Waals surface area (Å²) in [6.07, 6.45) is 0. The zero-order valence-electron chi connectivity index (χ0n) is 13.4. The van der Waals surface area contributed by atoms with Gasteiger partial charge in [-0.2, -0.15) is 0 Å². The molecule has 122 valence electrons. The highest BCUT2D eigenvalue weighted by Crippen LogP contribution is 2.23. The lowest BCUT2D eigenvalue weighted by atomic mass is 10.2. The SMILES string of the molecule is CC(C)Sc1ccc(C(=O)Nc2ccc(OCCN)cc2)cc1. The highest BCUT2D eigenvalue weighted by atomic mass is 32.2. The van der Waals surface area contributed by atoms with E-state index in [2.05, 4.69) is 19.2 Å². The number of ether oxygens (including phenoxy) is 1. The smallest absolute Gasteiger partial charge is 0.255 e. The van der Waals surface area contributed by atoms with Crippen LogP contribution in [-0.4, -0.2) is 24.3 Å². The van der Waals surface area contributed by atoms with Gasteiger partial charge in [0.25, 0.3) is 5.91 Å². The summed E-state index contributed by atoms with van der Waals surface area (Å²) in [6, 6.07) is 14.9. The normalized spacial score (nSPS) is 10.6. The molecule has 0 aromatic heterocycles. The summed E-state index contributed by atoms with van der Waals surface area (Å²) < 4.78 is 5.40. The van der Waals surface area contributed by atoms with E-state index < -0.39 is 0 Å². The van der Waals surface area contributed by atoms with Gasteiger partial charge >= 0.3 is 0 Å². The van der Waals surface area contributed by atoms with Crippen molar-refractivity contribution >= 4 is 23.4 Å². The van der Waals surface area contributed by atoms with Crippen LogP contribution in [0.25, 0.3) is 0 Å². The van der Waals surface area contributed by atoms with E-state index in [9.17, 15) is 4.79 Å². The van der Waals surface area contributed by atoms with Crippen molar-refractivity contribution in [1.29, 1.82) is 0 Å². The molecule has 23 heavy (non-hydrogen) atoms. The summed E-state index contributed by atoms with van der Waals surface area (Å²) in [7, 11) is 0. The first-order chi connectivity index (χ1) is 11.1. The topological polar surface area (TPSA) is 64.3 Å². The third kappa shape index (κ3) is 5.62. The number of nitrogens with two attached hydrogens (primary N) is 1. The molecular formula is C18H22N2O2S. The van der Waals surface area contributed by atoms with Crippen LogP contribution in [0.5, 0.6) is 5.75 Å². The molecule has 0 radical (unpaired) electrons. The monoisotopic (exact) mass is 330 g/mol. The van der Waals surface area contributed by atoms with Crippen LogP contribution in [-0.2, 0) is 0 Å². The largest absolute Gasteiger partial charge is 0.492 e. The minimum atomic E-state index is -0.123. The fourth-order valence-corrected chi connectivity index (χ4v) is 2.81. The molecule has 0 aliphatic heterocycles. The molecule has 0 unspecified atom stereocenters. The molecule has 0 spiro atoms. The number of benzene rings is 2. The van der Waals surface area contributed by atoms with Gasteiger partial charge in [0.1, 0.15) is 12.4 Å². The van der Waals surface area contributed by atoms with Gasteiger partial charge in [-0.1, -0.05) is 13.8 Å². The molecule has 3 N–H and O–H groups in total. The predicted octanol–water partition coefficient (Wildman–Crippen LogP) is 3.78. The molecule has 4 nitrogen and oxygen atoms in total. The van der Waals surface area contributed by atoms with Crippen LogP contribution >= 0.6 is 11.8 Å². The van der Waals surface area contributed by atoms with E-state index in [-0.39, 0.29) is 5.91 Å². The Morgan fingerprint density at radius 3 is 2.35 bits per heavy atom. The summed E-state index contributed by atoms with van der Waals surface area (Å²) in [4.78, 5) is 13.4. The molecule has 2 aromatic carbocycles. The highest BCUT2D eigenvalue weighted by molar-refractivity contribution is 7.99. The molecule has 0 bridgehead atoms. The van der Waals surface area contributed by atoms with Crippen LogP contribution in [0.15, 0.2) is 53.4 Å². The molecule has 0 saturated heterocycles. The summed E-state index contributed by atoms with van der Waals surface area (Å²) in [5.74, 6) is 0.616. The zero-order chi connectivity index (χ0) is 16.7. The second-order valence-corrected chi connectivity index (χ2v) is 6.96. The van der Waals surface area contributed by atoms with Crippen LogP contribution in [0.2, 0.25) is 0 Å². The first-order valence-electron chi connectivity index (χ1n) is 7.59. The Kier molecular flexibility index (Phi) is 6.50. The lowest BCUT2D eigenvalue weighted by Gasteiger charge is -2.09. The van der Waals surface area contributed by atoms with Gasteiger partial charge in [0.2, 0.25) is 0 Å². The van der Waals surface area contributed by atoms with Crippen LogP contribution < -0.4 is 15.8 Å². The maximum atomic E-state index is 12.2. The van der Waals surface area contributed by atoms with E-state index in [1.54, 1.807) is 11.8 Å². The zero-order valence-corrected chi connectivity index (χ0v) is 14.2. The molecule has 0 saturated carbocycles. The van der Waals surface area contributed by atoms with E-state index in [0.717, 1.165) is 16.3 Å². The van der Waals surface area contributed by atoms with E-state index in [1.807, 2.05) is 48.5 Å². The second kappa shape index (κ2) is 8.60. The van der Waals surface area contributed by atoms with Crippen molar-refractivity contribution in [2.24, 2.45) is 5.73 Å². The average Bonchev–Trinajstić information content (AvgIpc) is 2.54. The molecule has 0 atom stereocenters. The number of amides is 1. The lowest BCUT2D eigenvalue weighted by molar-refractivity contribution is 0.102. The third-order valence-corrected chi connectivity index (χ3v) is 4.00. The van der Waals surface area contributed by atoms with Gasteiger partial charge in [0.05, 0.1) is 0 Å². The molecule has 0 fully saturated rings. The van der Waals surface area contributed by atoms with E-state index in [1.165, 1.54) is 0 Å². The Morgan fingerprint density at radius 1 is 1.13 bits per heavy atom. The molecule has 5 heteroatoms. The van der Waals surface area contributed by atoms with Crippen LogP contribution in [0.3, 0.4) is 0 Å². The van der Waals surface area contributed by atoms with E-state index in [0.29, 0.717) is 24.0 Å². The number of carbonyl (C=O) groups excluding carboxylic acids is 1. The van der Waals surface area contributed by atoms with Crippen molar-refractivity contribution in [1.82, 2.24) is 0 Å². The van der Waals surface area contributed by atoms with Crippen molar-refractivity contribution in [2.75, 3.05) is 18.5 Å². The Morgan fingerprint density at radius 2 is 1.78 bits per heavy atom. The first kappa shape index (κ1) is 17.4. The third-order valence-electron chi connectivity index (χ3n) is 2.99. The molecule has 0 aliphatic rings. The number of anilines is 1. The number of thioether (sulfide) groups is 1. The Labute approximate surface area is 141 Å². The van der Waals surface area contributed by atoms with Gasteiger partial charge in [-0.3, -0.25) is 4.79 Å². The second-order valence-electron chi connectivity index (χ2n) is 5.31. The fourth-order valence-electron chi connectivity index (χ4n) is 1.97. The van der Waals surface area contributed by atoms with Crippen LogP contribution in [0.1, 0.15) is 24.2 Å². The number of nitrogens with one attached hydrogen (secondary N) is 1. The maximum Gasteiger partial charge on any atom is 0.255 e. The Balaban J connectivity index is 1.95. The standard InChI is InChI=1S/C18H22N2O2S/c1-13(2)23-17-9-3-14(4-10-17)18(21)20-15-5-7-16(8-6-15)22-12-11-19/h3-10,13H,11-12,19H2,1-2H3,(H,20,21). The minimum Gasteiger partial charge on any atom is -0.492 e. The van der Waals surface area contributed by atoms with Crippen molar-refractivity contribution < 1.29 is 9.53 Å². The minimum absolute atomic E-state index is 0.123. The first-order valence-corrected chi connectivity index (χ1v) is 8.47. The van der Waals surface area contributed by atoms with Crippen molar-refractivity contribution in [2.45, 2.75) is 24.0 Å². The van der Waals surface area contributed by atoms with Gasteiger partial charge in [-0.15, -0.1) is 11.8 Å². The number of hydrogen-bond donors (Lipinski definition) is 2. The summed E-state index contributed by atoms with van der Waals surface area (Å²) in [5, 5.41) is 3.40. The van der Waals surface area contributed by atoms with Crippen LogP contribution in [0, 0.1) is 0 Å². The van der Waals surface area contributed by atoms with Gasteiger partial charge in [-0.05, 0) is 48.5 Å². The van der Waals surface area contributed by atoms with Crippen LogP contribution in [0.4, 0.5) is 5.69 Å². The molecule has 0 heterocycles. The quantitative estimate of drug-likeness (QED) is 0.758. The van der Waals surface area contributed by atoms with Crippen molar-refractivity contribution in [3.63, 3.8) is 0 Å². The summed E-state index contributed by atoms with van der Waals surface area (Å²) >= 11 is 1.78. The lowest BCUT2D eigenvalue weighted by Crippen LogP contribution is -2.12. The summed E-state index contributed by atoms with van der Waals surface area (Å²) in [5.41, 5.74) is 6.76. The van der Waals surface area contributed by atoms with Gasteiger partial charge in [0.15, 0.2) is 0 Å². The van der Waals surface area contributed by atoms with E-state index in [4.69, 9.17) is 10.5 Å². The number of hydrogen-bond acceptors (Lipinski definition) is 4. The van der Waals surface area contributed by atoms with Crippen molar-refractivity contribution in [3.05, 3.63) is 54.1 Å². The van der Waals surface area contributed by atoms with Gasteiger partial charge < -0.3 is 15.8 Å². The van der Waals surface area contributed by atoms with Gasteiger partial charge in [0, 0.05) is 27.9 Å². The fraction of sp³-hybridized carbons (Fsp3) is 0.278. The molecule has 0 aliphatic carbocycles. The number of carbonyl (C=O) groups is 1. The molecular weight excluding hydrogens is 308 g/mol.